The third-order valence-corrected chi connectivity index (χ3v) is 5.63. The number of hydrogen-bond acceptors (Lipinski definition) is 6. The molecule has 0 unspecified atom stereocenters. The second kappa shape index (κ2) is 18.5. The van der Waals surface area contributed by atoms with Crippen molar-refractivity contribution >= 4 is 17.9 Å². The van der Waals surface area contributed by atoms with E-state index in [4.69, 9.17) is 14.2 Å². The Morgan fingerprint density at radius 2 is 0.838 bits per heavy atom. The Morgan fingerprint density at radius 3 is 1.16 bits per heavy atom. The molecule has 37 heavy (non-hydrogen) atoms. The summed E-state index contributed by atoms with van der Waals surface area (Å²) in [6, 6.07) is 0. The molecule has 10 heteroatoms. The van der Waals surface area contributed by atoms with Gasteiger partial charge in [0.1, 0.15) is 0 Å². The van der Waals surface area contributed by atoms with Crippen LogP contribution in [0.5, 0.6) is 0 Å². The number of carboxylic acid groups (broad SMARTS) is 3. The van der Waals surface area contributed by atoms with Crippen molar-refractivity contribution < 1.29 is 49.4 Å². The van der Waals surface area contributed by atoms with Gasteiger partial charge >= 0.3 is 17.9 Å². The number of rotatable bonds is 21. The molecule has 0 aliphatic carbocycles. The van der Waals surface area contributed by atoms with E-state index in [9.17, 15) is 29.7 Å². The predicted molar refractivity (Wildman–Crippen MR) is 138 cm³/mol. The summed E-state index contributed by atoms with van der Waals surface area (Å²) in [5.41, 5.74) is -0.275. The fourth-order valence-electron chi connectivity index (χ4n) is 4.15. The fourth-order valence-corrected chi connectivity index (χ4v) is 4.15. The minimum Gasteiger partial charge on any atom is -0.502 e. The Bertz CT molecular complexity index is 936. The summed E-state index contributed by atoms with van der Waals surface area (Å²) in [5, 5.41) is 30.3. The summed E-state index contributed by atoms with van der Waals surface area (Å²) in [6.45, 7) is 11.5. The highest BCUT2D eigenvalue weighted by Crippen LogP contribution is 2.33. The Morgan fingerprint density at radius 1 is 0.541 bits per heavy atom. The first-order valence-electron chi connectivity index (χ1n) is 11.9. The van der Waals surface area contributed by atoms with Crippen molar-refractivity contribution in [2.45, 2.75) is 57.8 Å². The number of unbranched alkanes of at least 4 members (excludes halogenated alkanes) is 3. The predicted octanol–water partition coefficient (Wildman–Crippen LogP) is 4.40. The van der Waals surface area contributed by atoms with Gasteiger partial charge in [-0.25, -0.2) is 14.4 Å². The second-order valence-corrected chi connectivity index (χ2v) is 7.96. The van der Waals surface area contributed by atoms with E-state index in [2.05, 4.69) is 19.7 Å². The lowest BCUT2D eigenvalue weighted by Crippen LogP contribution is -2.22. The lowest BCUT2D eigenvalue weighted by Gasteiger charge is -2.22. The molecule has 206 valence electrons. The highest BCUT2D eigenvalue weighted by atomic mass is 16.5. The van der Waals surface area contributed by atoms with Crippen LogP contribution in [0.2, 0.25) is 0 Å². The van der Waals surface area contributed by atoms with Gasteiger partial charge in [0.15, 0.2) is 0 Å². The van der Waals surface area contributed by atoms with Crippen molar-refractivity contribution in [2.24, 2.45) is 0 Å². The first kappa shape index (κ1) is 33.2. The smallest absolute Gasteiger partial charge is 0.336 e. The van der Waals surface area contributed by atoms with Crippen LogP contribution in [-0.2, 0) is 33.5 Å². The zero-order chi connectivity index (χ0) is 26.9. The maximum Gasteiger partial charge on any atom is 0.336 e. The molecule has 0 saturated carbocycles. The third-order valence-electron chi connectivity index (χ3n) is 5.63. The van der Waals surface area contributed by atoms with Crippen LogP contribution in [0, 0.1) is 0 Å². The van der Waals surface area contributed by atoms with Gasteiger partial charge in [-0.2, -0.15) is 0 Å². The Labute approximate surface area is 217 Å². The van der Waals surface area contributed by atoms with E-state index in [0.717, 1.165) is 0 Å². The number of benzene rings is 1. The Hall–Kier alpha value is -3.79. The molecule has 0 amide bonds. The number of hydrogen-bond donors (Lipinski definition) is 3. The molecule has 0 radical (unpaired) electrons. The van der Waals surface area contributed by atoms with Crippen molar-refractivity contribution in [2.75, 3.05) is 19.8 Å². The minimum absolute atomic E-state index is 0. The van der Waals surface area contributed by atoms with E-state index in [1.54, 1.807) is 0 Å². The molecular weight excluding hydrogens is 484 g/mol. The van der Waals surface area contributed by atoms with Gasteiger partial charge in [0, 0.05) is 0 Å². The van der Waals surface area contributed by atoms with E-state index >= 15 is 0 Å². The van der Waals surface area contributed by atoms with Crippen molar-refractivity contribution in [1.82, 2.24) is 0 Å². The molecule has 1 rings (SSSR count). The molecule has 0 heterocycles. The zero-order valence-corrected chi connectivity index (χ0v) is 21.1. The summed E-state index contributed by atoms with van der Waals surface area (Å²) >= 11 is 0. The van der Waals surface area contributed by atoms with E-state index < -0.39 is 23.5 Å². The van der Waals surface area contributed by atoms with E-state index in [1.165, 1.54) is 18.8 Å². The molecule has 1 aromatic rings. The molecule has 10 nitrogen and oxygen atoms in total. The number of carboxylic acids is 3. The molecule has 1 aromatic carbocycles. The first-order chi connectivity index (χ1) is 17.3. The number of ether oxygens (including phenoxy) is 3. The lowest BCUT2D eigenvalue weighted by atomic mass is 9.81. The molecule has 0 spiro atoms. The second-order valence-electron chi connectivity index (χ2n) is 7.96. The van der Waals surface area contributed by atoms with Gasteiger partial charge in [0.05, 0.1) is 55.3 Å². The average molecular weight is 523 g/mol. The van der Waals surface area contributed by atoms with Gasteiger partial charge < -0.3 is 35.0 Å². The van der Waals surface area contributed by atoms with Gasteiger partial charge in [-0.15, -0.1) is 0 Å². The number of carbonyl (C=O) groups is 3. The van der Waals surface area contributed by atoms with Crippen molar-refractivity contribution in [3.05, 3.63) is 71.9 Å². The average Bonchev–Trinajstić information content (AvgIpc) is 2.83. The SMILES string of the molecule is C=COCCCCc1c(CCCCOC=C)c(C(=O)O)c(C(=O)O)c(CCCCOC=C)c1C(=O)O.O. The van der Waals surface area contributed by atoms with Gasteiger partial charge in [0.2, 0.25) is 0 Å². The molecule has 0 saturated heterocycles. The highest BCUT2D eigenvalue weighted by molar-refractivity contribution is 6.07. The molecule has 0 aliphatic rings. The Kier molecular flexibility index (Phi) is 16.6. The molecule has 0 bridgehead atoms. The monoisotopic (exact) mass is 522 g/mol. The van der Waals surface area contributed by atoms with Crippen LogP contribution in [0.15, 0.2) is 38.5 Å². The minimum atomic E-state index is -1.46. The van der Waals surface area contributed by atoms with E-state index in [-0.39, 0.29) is 47.0 Å². The standard InChI is InChI=1S/C27H36O9.H2O/c1-4-34-16-10-7-13-19-20(14-8-11-17-35-5-2)23(26(30)31)24(27(32)33)21(22(19)25(28)29)15-9-12-18-36-6-3;/h4-6H,1-3,7-18H2,(H,28,29)(H,30,31)(H,32,33);1H2. The van der Waals surface area contributed by atoms with Crippen LogP contribution in [0.4, 0.5) is 0 Å². The summed E-state index contributed by atoms with van der Waals surface area (Å²) in [4.78, 5) is 37.2. The summed E-state index contributed by atoms with van der Waals surface area (Å²) < 4.78 is 15.3. The maximum atomic E-state index is 12.5. The maximum absolute atomic E-state index is 12.5. The van der Waals surface area contributed by atoms with Gasteiger partial charge in [-0.3, -0.25) is 0 Å². The Balaban J connectivity index is 0.0000130. The quantitative estimate of drug-likeness (QED) is 0.156. The highest BCUT2D eigenvalue weighted by Gasteiger charge is 2.32. The van der Waals surface area contributed by atoms with Crippen LogP contribution in [0.3, 0.4) is 0 Å². The van der Waals surface area contributed by atoms with Crippen LogP contribution in [0.25, 0.3) is 0 Å². The van der Waals surface area contributed by atoms with Crippen molar-refractivity contribution in [3.8, 4) is 0 Å². The molecule has 0 fully saturated rings. The molecule has 0 aromatic heterocycles. The lowest BCUT2D eigenvalue weighted by molar-refractivity contribution is 0.0646. The summed E-state index contributed by atoms with van der Waals surface area (Å²) in [7, 11) is 0. The van der Waals surface area contributed by atoms with Crippen molar-refractivity contribution in [3.63, 3.8) is 0 Å². The van der Waals surface area contributed by atoms with Crippen LogP contribution in [-0.4, -0.2) is 58.5 Å². The summed E-state index contributed by atoms with van der Waals surface area (Å²) in [5.74, 6) is -4.14. The van der Waals surface area contributed by atoms with Crippen LogP contribution >= 0.6 is 0 Å². The summed E-state index contributed by atoms with van der Waals surface area (Å²) in [6.07, 6.45) is 7.57. The normalized spacial score (nSPS) is 10.1. The first-order valence-corrected chi connectivity index (χ1v) is 11.9. The fraction of sp³-hybridized carbons (Fsp3) is 0.444. The topological polar surface area (TPSA) is 171 Å². The van der Waals surface area contributed by atoms with Gasteiger partial charge in [-0.05, 0) is 74.5 Å². The molecule has 0 atom stereocenters. The van der Waals surface area contributed by atoms with Crippen molar-refractivity contribution in [1.29, 1.82) is 0 Å². The van der Waals surface area contributed by atoms with E-state index in [1.807, 2.05) is 0 Å². The largest absolute Gasteiger partial charge is 0.502 e. The van der Waals surface area contributed by atoms with E-state index in [0.29, 0.717) is 63.9 Å². The zero-order valence-electron chi connectivity index (χ0n) is 21.1. The molecular formula is C27H38O10. The number of aromatic carboxylic acids is 3. The van der Waals surface area contributed by atoms with Crippen LogP contribution in [0.1, 0.15) is 86.3 Å². The molecule has 5 N–H and O–H groups in total. The molecule has 0 aliphatic heterocycles. The third kappa shape index (κ3) is 10.4. The van der Waals surface area contributed by atoms with Crippen LogP contribution < -0.4 is 0 Å². The van der Waals surface area contributed by atoms with Gasteiger partial charge in [-0.1, -0.05) is 19.7 Å². The van der Waals surface area contributed by atoms with Gasteiger partial charge in [0.25, 0.3) is 0 Å².